The van der Waals surface area contributed by atoms with Crippen molar-refractivity contribution in [3.63, 3.8) is 0 Å². The molecule has 55 heavy (non-hydrogen) atoms. The predicted octanol–water partition coefficient (Wildman–Crippen LogP) is 4.54. The van der Waals surface area contributed by atoms with Crippen LogP contribution in [0.15, 0.2) is 54.9 Å². The van der Waals surface area contributed by atoms with Crippen LogP contribution in [0.4, 0.5) is 5.95 Å². The predicted molar refractivity (Wildman–Crippen MR) is 207 cm³/mol. The number of nitrogens with one attached hydrogen (secondary N) is 1. The molecule has 0 aliphatic heterocycles. The molecule has 0 saturated heterocycles. The number of aryl methyl sites for hydroxylation is 4. The van der Waals surface area contributed by atoms with E-state index in [1.54, 1.807) is 39.7 Å². The second-order valence-corrected chi connectivity index (χ2v) is 13.0. The number of imidazole rings is 1. The Bertz CT molecular complexity index is 2660. The summed E-state index contributed by atoms with van der Waals surface area (Å²) in [4.78, 5) is 56.8. The Morgan fingerprint density at radius 2 is 1.49 bits per heavy atom. The Balaban J connectivity index is 1.31. The molecule has 1 aromatic carbocycles. The average molecular weight is 744 g/mol. The van der Waals surface area contributed by atoms with Gasteiger partial charge in [0.1, 0.15) is 28.3 Å². The van der Waals surface area contributed by atoms with Crippen LogP contribution in [-0.4, -0.2) is 73.0 Å². The van der Waals surface area contributed by atoms with E-state index in [0.717, 1.165) is 34.1 Å². The molecule has 0 unspecified atom stereocenters. The van der Waals surface area contributed by atoms with Crippen LogP contribution in [0.3, 0.4) is 0 Å². The molecule has 0 radical (unpaired) electrons. The lowest BCUT2D eigenvalue weighted by Gasteiger charge is -2.12. The van der Waals surface area contributed by atoms with Gasteiger partial charge >= 0.3 is 0 Å². The number of carbonyl (C=O) groups excluding carboxylic acids is 3. The summed E-state index contributed by atoms with van der Waals surface area (Å²) in [5.74, 6) is -0.391. The average Bonchev–Trinajstić information content (AvgIpc) is 3.92. The molecule has 0 aliphatic rings. The first-order valence-corrected chi connectivity index (χ1v) is 18.0. The zero-order chi connectivity index (χ0) is 39.0. The fourth-order valence-corrected chi connectivity index (χ4v) is 6.61. The highest BCUT2D eigenvalue weighted by Crippen LogP contribution is 2.36. The molecule has 0 spiro atoms. The van der Waals surface area contributed by atoms with Gasteiger partial charge in [0.2, 0.25) is 17.8 Å². The molecular formula is C38H41N13O4. The van der Waals surface area contributed by atoms with Crippen LogP contribution < -0.4 is 21.5 Å². The van der Waals surface area contributed by atoms with E-state index in [4.69, 9.17) is 26.2 Å². The monoisotopic (exact) mass is 743 g/mol. The first kappa shape index (κ1) is 36.4. The van der Waals surface area contributed by atoms with Crippen LogP contribution in [0.25, 0.3) is 44.6 Å². The molecule has 7 aromatic rings. The number of primary amides is 2. The summed E-state index contributed by atoms with van der Waals surface area (Å²) in [5, 5.41) is 13.3. The molecular weight excluding hydrogens is 703 g/mol. The van der Waals surface area contributed by atoms with Crippen molar-refractivity contribution in [3.8, 4) is 17.3 Å². The standard InChI is InChI=1S/C38H41N13O4/c1-6-13-55-30-18-23(32(39)52)16-25-26-20-41-34(28-14-21(4)46-50(28)7-2)44-35(26)48(31(25)30)11-9-10-12-49-36-27(17-24(19-42-36)33(40)53)43-38(49)45-37(54)29-15-22(5)47-51(29)8-3/h9-10,14-20H,6-8,11-13H2,1-5H3,(H2,39,52)(H2,40,53)(H,43,45,54)/b10-9+. The van der Waals surface area contributed by atoms with Crippen molar-refractivity contribution < 1.29 is 19.1 Å². The molecule has 0 atom stereocenters. The van der Waals surface area contributed by atoms with Crippen molar-refractivity contribution in [2.24, 2.45) is 11.5 Å². The number of nitrogens with zero attached hydrogens (tertiary/aromatic N) is 10. The van der Waals surface area contributed by atoms with E-state index in [1.807, 2.05) is 62.1 Å². The number of aromatic nitrogens is 10. The SMILES string of the molecule is CCCOc1cc(C(N)=O)cc2c3cnc(-c4cc(C)nn4CC)nc3n(C/C=C/Cn3c(NC(=O)c4cc(C)nn4CC)nc4cc(C(N)=O)cnc43)c12. The molecule has 17 nitrogen and oxygen atoms in total. The molecule has 6 aromatic heterocycles. The van der Waals surface area contributed by atoms with Gasteiger partial charge in [-0.15, -0.1) is 0 Å². The highest BCUT2D eigenvalue weighted by atomic mass is 16.5. The van der Waals surface area contributed by atoms with Crippen LogP contribution in [0.2, 0.25) is 0 Å². The number of hydrogen-bond donors (Lipinski definition) is 3. The molecule has 3 amide bonds. The number of allylic oxidation sites excluding steroid dienone is 2. The van der Waals surface area contributed by atoms with Gasteiger partial charge < -0.3 is 20.8 Å². The fraction of sp³-hybridized carbons (Fsp3) is 0.289. The highest BCUT2D eigenvalue weighted by molar-refractivity contribution is 6.12. The summed E-state index contributed by atoms with van der Waals surface area (Å²) < 4.78 is 13.4. The molecule has 5 N–H and O–H groups in total. The minimum atomic E-state index is -0.644. The zero-order valence-corrected chi connectivity index (χ0v) is 31.2. The number of fused-ring (bicyclic) bond motifs is 4. The van der Waals surface area contributed by atoms with Gasteiger partial charge in [0.05, 0.1) is 29.1 Å². The topological polar surface area (TPSA) is 222 Å². The second kappa shape index (κ2) is 14.8. The zero-order valence-electron chi connectivity index (χ0n) is 31.2. The number of nitrogens with two attached hydrogens (primary N) is 2. The highest BCUT2D eigenvalue weighted by Gasteiger charge is 2.22. The van der Waals surface area contributed by atoms with Gasteiger partial charge in [-0.05, 0) is 64.4 Å². The van der Waals surface area contributed by atoms with Crippen molar-refractivity contribution in [2.45, 2.75) is 67.2 Å². The lowest BCUT2D eigenvalue weighted by atomic mass is 10.1. The molecule has 0 fully saturated rings. The summed E-state index contributed by atoms with van der Waals surface area (Å²) in [6.45, 7) is 11.8. The number of anilines is 1. The molecule has 0 aliphatic carbocycles. The number of hydrogen-bond acceptors (Lipinski definition) is 10. The van der Waals surface area contributed by atoms with E-state index in [1.165, 1.54) is 6.20 Å². The van der Waals surface area contributed by atoms with Crippen molar-refractivity contribution in [1.29, 1.82) is 0 Å². The van der Waals surface area contributed by atoms with Gasteiger partial charge in [-0.2, -0.15) is 10.2 Å². The molecule has 282 valence electrons. The first-order chi connectivity index (χ1) is 26.5. The van der Waals surface area contributed by atoms with E-state index < -0.39 is 17.7 Å². The van der Waals surface area contributed by atoms with Gasteiger partial charge in [0.15, 0.2) is 11.5 Å². The third kappa shape index (κ3) is 6.87. The van der Waals surface area contributed by atoms with E-state index in [2.05, 4.69) is 25.5 Å². The molecule has 17 heteroatoms. The third-order valence-corrected chi connectivity index (χ3v) is 9.11. The summed E-state index contributed by atoms with van der Waals surface area (Å²) >= 11 is 0. The van der Waals surface area contributed by atoms with E-state index in [0.29, 0.717) is 71.6 Å². The Labute approximate surface area is 315 Å². The second-order valence-electron chi connectivity index (χ2n) is 13.0. The Morgan fingerprint density at radius 1 is 0.782 bits per heavy atom. The van der Waals surface area contributed by atoms with Crippen molar-refractivity contribution in [2.75, 3.05) is 11.9 Å². The molecule has 6 heterocycles. The van der Waals surface area contributed by atoms with Gasteiger partial charge in [0.25, 0.3) is 5.91 Å². The maximum absolute atomic E-state index is 13.5. The lowest BCUT2D eigenvalue weighted by molar-refractivity contribution is 0.0991. The maximum atomic E-state index is 13.5. The minimum Gasteiger partial charge on any atom is -0.491 e. The van der Waals surface area contributed by atoms with E-state index in [-0.39, 0.29) is 18.1 Å². The lowest BCUT2D eigenvalue weighted by Crippen LogP contribution is -2.20. The van der Waals surface area contributed by atoms with Gasteiger partial charge in [-0.3, -0.25) is 33.6 Å². The summed E-state index contributed by atoms with van der Waals surface area (Å²) in [6, 6.07) is 8.60. The van der Waals surface area contributed by atoms with E-state index in [9.17, 15) is 14.4 Å². The minimum absolute atomic E-state index is 0.190. The van der Waals surface area contributed by atoms with Gasteiger partial charge in [-0.1, -0.05) is 19.1 Å². The van der Waals surface area contributed by atoms with E-state index >= 15 is 0 Å². The molecule has 0 saturated carbocycles. The van der Waals surface area contributed by atoms with Crippen LogP contribution >= 0.6 is 0 Å². The third-order valence-electron chi connectivity index (χ3n) is 9.11. The number of benzene rings is 1. The molecule has 0 bridgehead atoms. The van der Waals surface area contributed by atoms with Crippen molar-refractivity contribution in [3.05, 3.63) is 83.1 Å². The van der Waals surface area contributed by atoms with Gasteiger partial charge in [0, 0.05) is 54.9 Å². The summed E-state index contributed by atoms with van der Waals surface area (Å²) in [7, 11) is 0. The number of rotatable bonds is 14. The first-order valence-electron chi connectivity index (χ1n) is 18.0. The maximum Gasteiger partial charge on any atom is 0.276 e. The number of carbonyl (C=O) groups is 3. The quantitative estimate of drug-likeness (QED) is 0.132. The van der Waals surface area contributed by atoms with Crippen LogP contribution in [0.1, 0.15) is 69.8 Å². The molecule has 7 rings (SSSR count). The largest absolute Gasteiger partial charge is 0.491 e. The summed E-state index contributed by atoms with van der Waals surface area (Å²) in [5.41, 5.74) is 16.7. The van der Waals surface area contributed by atoms with Gasteiger partial charge in [-0.25, -0.2) is 19.9 Å². The Hall–Kier alpha value is -6.91. The Morgan fingerprint density at radius 3 is 2.20 bits per heavy atom. The number of pyridine rings is 1. The van der Waals surface area contributed by atoms with Crippen molar-refractivity contribution >= 4 is 56.8 Å². The fourth-order valence-electron chi connectivity index (χ4n) is 6.61. The Kier molecular flexibility index (Phi) is 9.84. The summed E-state index contributed by atoms with van der Waals surface area (Å²) in [6.07, 6.45) is 7.76. The van der Waals surface area contributed by atoms with Crippen molar-refractivity contribution in [1.82, 2.24) is 48.6 Å². The normalized spacial score (nSPS) is 11.7. The number of ether oxygens (including phenoxy) is 1. The smallest absolute Gasteiger partial charge is 0.276 e. The van der Waals surface area contributed by atoms with Crippen LogP contribution in [0.5, 0.6) is 5.75 Å². The van der Waals surface area contributed by atoms with Crippen LogP contribution in [-0.2, 0) is 26.2 Å². The number of amides is 3. The van der Waals surface area contributed by atoms with Crippen LogP contribution in [0, 0.1) is 13.8 Å².